The highest BCUT2D eigenvalue weighted by Crippen LogP contribution is 2.29. The van der Waals surface area contributed by atoms with Crippen LogP contribution in [0.2, 0.25) is 0 Å². The van der Waals surface area contributed by atoms with Crippen molar-refractivity contribution in [2.75, 3.05) is 6.54 Å². The number of rotatable bonds is 6. The number of nitro benzene ring substituents is 1. The fourth-order valence-electron chi connectivity index (χ4n) is 2.09. The molecule has 100 valence electrons. The van der Waals surface area contributed by atoms with Crippen molar-refractivity contribution in [1.82, 2.24) is 4.90 Å². The highest BCUT2D eigenvalue weighted by molar-refractivity contribution is 5.35. The first-order valence-corrected chi connectivity index (χ1v) is 6.15. The third-order valence-corrected chi connectivity index (χ3v) is 3.11. The molecule has 1 aliphatic carbocycles. The first-order valence-electron chi connectivity index (χ1n) is 6.15. The van der Waals surface area contributed by atoms with Crippen LogP contribution in [0.4, 0.5) is 10.1 Å². The molecule has 0 radical (unpaired) electrons. The van der Waals surface area contributed by atoms with Crippen LogP contribution in [0.1, 0.15) is 24.8 Å². The van der Waals surface area contributed by atoms with E-state index in [1.165, 1.54) is 12.1 Å². The Balaban J connectivity index is 2.12. The lowest BCUT2D eigenvalue weighted by molar-refractivity contribution is -0.385. The first kappa shape index (κ1) is 13.4. The van der Waals surface area contributed by atoms with Crippen molar-refractivity contribution in [3.8, 4) is 6.07 Å². The molecule has 0 heterocycles. The van der Waals surface area contributed by atoms with Crippen molar-refractivity contribution < 1.29 is 9.31 Å². The largest absolute Gasteiger partial charge is 0.295 e. The van der Waals surface area contributed by atoms with Gasteiger partial charge in [-0.3, -0.25) is 15.0 Å². The fraction of sp³-hybridized carbons (Fsp3) is 0.462. The Hall–Kier alpha value is -2.00. The van der Waals surface area contributed by atoms with E-state index in [9.17, 15) is 14.5 Å². The van der Waals surface area contributed by atoms with E-state index in [-0.39, 0.29) is 5.69 Å². The van der Waals surface area contributed by atoms with Gasteiger partial charge in [0.05, 0.1) is 17.1 Å². The molecule has 6 heteroatoms. The predicted molar refractivity (Wildman–Crippen MR) is 66.7 cm³/mol. The summed E-state index contributed by atoms with van der Waals surface area (Å²) >= 11 is 0. The highest BCUT2D eigenvalue weighted by atomic mass is 19.1. The van der Waals surface area contributed by atoms with Crippen LogP contribution in [0, 0.1) is 27.3 Å². The molecule has 0 N–H and O–H groups in total. The van der Waals surface area contributed by atoms with Crippen molar-refractivity contribution in [3.63, 3.8) is 0 Å². The number of hydrogen-bond acceptors (Lipinski definition) is 4. The molecule has 1 saturated carbocycles. The monoisotopic (exact) mass is 263 g/mol. The minimum atomic E-state index is -0.597. The lowest BCUT2D eigenvalue weighted by atomic mass is 10.1. The van der Waals surface area contributed by atoms with Gasteiger partial charge in [-0.2, -0.15) is 5.26 Å². The lowest BCUT2D eigenvalue weighted by Crippen LogP contribution is -2.26. The average Bonchev–Trinajstić information content (AvgIpc) is 3.17. The molecule has 2 rings (SSSR count). The van der Waals surface area contributed by atoms with Gasteiger partial charge in [0.15, 0.2) is 0 Å². The molecule has 0 aromatic heterocycles. The lowest BCUT2D eigenvalue weighted by Gasteiger charge is -2.20. The Kier molecular flexibility index (Phi) is 4.07. The molecule has 0 aliphatic heterocycles. The third kappa shape index (κ3) is 3.73. The molecule has 1 aromatic rings. The SMILES string of the molecule is N#CCCN(Cc1cc(F)cc([N+](=O)[O-])c1)C1CC1. The van der Waals surface area contributed by atoms with E-state index in [2.05, 4.69) is 11.0 Å². The second kappa shape index (κ2) is 5.76. The molecule has 0 saturated heterocycles. The molecule has 1 aromatic carbocycles. The summed E-state index contributed by atoms with van der Waals surface area (Å²) in [5.41, 5.74) is 0.350. The average molecular weight is 263 g/mol. The molecule has 1 aliphatic rings. The van der Waals surface area contributed by atoms with Gasteiger partial charge in [-0.05, 0) is 24.5 Å². The number of nitriles is 1. The zero-order valence-electron chi connectivity index (χ0n) is 10.4. The van der Waals surface area contributed by atoms with E-state index >= 15 is 0 Å². The number of halogens is 1. The summed E-state index contributed by atoms with van der Waals surface area (Å²) in [4.78, 5) is 12.2. The Morgan fingerprint density at radius 2 is 2.21 bits per heavy atom. The molecular weight excluding hydrogens is 249 g/mol. The van der Waals surface area contributed by atoms with Crippen molar-refractivity contribution in [2.45, 2.75) is 31.8 Å². The molecule has 0 unspecified atom stereocenters. The highest BCUT2D eigenvalue weighted by Gasteiger charge is 2.28. The van der Waals surface area contributed by atoms with Crippen LogP contribution in [0.15, 0.2) is 18.2 Å². The Labute approximate surface area is 110 Å². The standard InChI is InChI=1S/C13H14FN3O2/c14-11-6-10(7-13(8-11)17(18)19)9-16(5-1-4-15)12-2-3-12/h6-8,12H,1-3,5,9H2. The minimum Gasteiger partial charge on any atom is -0.295 e. The summed E-state index contributed by atoms with van der Waals surface area (Å²) in [6.07, 6.45) is 2.56. The summed E-state index contributed by atoms with van der Waals surface area (Å²) in [5.74, 6) is -0.597. The van der Waals surface area contributed by atoms with Gasteiger partial charge in [0.1, 0.15) is 5.82 Å². The van der Waals surface area contributed by atoms with Crippen LogP contribution < -0.4 is 0 Å². The van der Waals surface area contributed by atoms with E-state index in [0.717, 1.165) is 18.9 Å². The van der Waals surface area contributed by atoms with Crippen LogP contribution in [0.5, 0.6) is 0 Å². The molecule has 0 spiro atoms. The molecular formula is C13H14FN3O2. The van der Waals surface area contributed by atoms with Gasteiger partial charge in [0.2, 0.25) is 0 Å². The van der Waals surface area contributed by atoms with Crippen LogP contribution in [0.25, 0.3) is 0 Å². The zero-order chi connectivity index (χ0) is 13.8. The van der Waals surface area contributed by atoms with Gasteiger partial charge in [-0.25, -0.2) is 4.39 Å². The smallest absolute Gasteiger partial charge is 0.272 e. The summed E-state index contributed by atoms with van der Waals surface area (Å²) in [5, 5.41) is 19.3. The van der Waals surface area contributed by atoms with E-state index in [1.54, 1.807) is 0 Å². The zero-order valence-corrected chi connectivity index (χ0v) is 10.4. The van der Waals surface area contributed by atoms with Gasteiger partial charge in [0, 0.05) is 31.6 Å². The van der Waals surface area contributed by atoms with Gasteiger partial charge < -0.3 is 0 Å². The van der Waals surface area contributed by atoms with E-state index < -0.39 is 10.7 Å². The summed E-state index contributed by atoms with van der Waals surface area (Å²) in [6.45, 7) is 1.07. The molecule has 5 nitrogen and oxygen atoms in total. The maximum Gasteiger partial charge on any atom is 0.272 e. The summed E-state index contributed by atoms with van der Waals surface area (Å²) in [7, 11) is 0. The van der Waals surface area contributed by atoms with Crippen molar-refractivity contribution in [3.05, 3.63) is 39.7 Å². The van der Waals surface area contributed by atoms with Crippen LogP contribution in [-0.4, -0.2) is 22.4 Å². The quantitative estimate of drug-likeness (QED) is 0.584. The molecule has 0 atom stereocenters. The van der Waals surface area contributed by atoms with Gasteiger partial charge >= 0.3 is 0 Å². The number of hydrogen-bond donors (Lipinski definition) is 0. The van der Waals surface area contributed by atoms with E-state index in [0.29, 0.717) is 31.1 Å². The van der Waals surface area contributed by atoms with Gasteiger partial charge in [-0.15, -0.1) is 0 Å². The van der Waals surface area contributed by atoms with Crippen LogP contribution in [0.3, 0.4) is 0 Å². The molecule has 0 bridgehead atoms. The van der Waals surface area contributed by atoms with Crippen molar-refractivity contribution in [1.29, 1.82) is 5.26 Å². The van der Waals surface area contributed by atoms with Crippen LogP contribution >= 0.6 is 0 Å². The Bertz CT molecular complexity index is 523. The Morgan fingerprint density at radius 3 is 2.79 bits per heavy atom. The maximum atomic E-state index is 13.3. The van der Waals surface area contributed by atoms with Gasteiger partial charge in [0.25, 0.3) is 5.69 Å². The van der Waals surface area contributed by atoms with E-state index in [4.69, 9.17) is 5.26 Å². The number of non-ortho nitro benzene ring substituents is 1. The number of nitro groups is 1. The Morgan fingerprint density at radius 1 is 1.47 bits per heavy atom. The molecule has 0 amide bonds. The minimum absolute atomic E-state index is 0.231. The molecule has 1 fully saturated rings. The summed E-state index contributed by atoms with van der Waals surface area (Å²) in [6, 6.07) is 6.14. The normalized spacial score (nSPS) is 14.4. The summed E-state index contributed by atoms with van der Waals surface area (Å²) < 4.78 is 13.3. The second-order valence-corrected chi connectivity index (χ2v) is 4.68. The third-order valence-electron chi connectivity index (χ3n) is 3.11. The van der Waals surface area contributed by atoms with Crippen molar-refractivity contribution >= 4 is 5.69 Å². The predicted octanol–water partition coefficient (Wildman–Crippen LogP) is 2.61. The molecule has 19 heavy (non-hydrogen) atoms. The van der Waals surface area contributed by atoms with Crippen molar-refractivity contribution in [2.24, 2.45) is 0 Å². The number of nitrogens with zero attached hydrogens (tertiary/aromatic N) is 3. The van der Waals surface area contributed by atoms with Crippen LogP contribution in [-0.2, 0) is 6.54 Å². The van der Waals surface area contributed by atoms with Gasteiger partial charge in [-0.1, -0.05) is 0 Å². The maximum absolute atomic E-state index is 13.3. The van der Waals surface area contributed by atoms with E-state index in [1.807, 2.05) is 0 Å². The topological polar surface area (TPSA) is 70.2 Å². The fourth-order valence-corrected chi connectivity index (χ4v) is 2.09. The second-order valence-electron chi connectivity index (χ2n) is 4.68. The first-order chi connectivity index (χ1) is 9.10. The number of benzene rings is 1.